The fraction of sp³-hybridized carbons (Fsp3) is 0.214. The number of nitrogens with zero attached hydrogens (tertiary/aromatic N) is 1. The molecule has 1 atom stereocenters. The maximum Gasteiger partial charge on any atom is 0.416 e. The van der Waals surface area contributed by atoms with E-state index < -0.39 is 17.8 Å². The van der Waals surface area contributed by atoms with Gasteiger partial charge in [-0.25, -0.2) is 0 Å². The third-order valence-electron chi connectivity index (χ3n) is 2.95. The lowest BCUT2D eigenvalue weighted by Crippen LogP contribution is -2.20. The van der Waals surface area contributed by atoms with E-state index in [1.165, 1.54) is 18.3 Å². The van der Waals surface area contributed by atoms with Gasteiger partial charge in [-0.1, -0.05) is 24.3 Å². The molecule has 0 aliphatic rings. The third kappa shape index (κ3) is 2.76. The highest BCUT2D eigenvalue weighted by Crippen LogP contribution is 2.35. The van der Waals surface area contributed by atoms with Crippen molar-refractivity contribution >= 4 is 0 Å². The maximum absolute atomic E-state index is 12.9. The number of aryl methyl sites for hydroxylation is 1. The van der Waals surface area contributed by atoms with E-state index in [1.54, 1.807) is 25.1 Å². The largest absolute Gasteiger partial charge is 0.416 e. The van der Waals surface area contributed by atoms with Crippen LogP contribution in [0.1, 0.15) is 28.4 Å². The molecule has 0 saturated carbocycles. The summed E-state index contributed by atoms with van der Waals surface area (Å²) < 4.78 is 38.8. The van der Waals surface area contributed by atoms with Gasteiger partial charge in [-0.3, -0.25) is 4.98 Å². The van der Waals surface area contributed by atoms with Crippen LogP contribution in [0.15, 0.2) is 42.6 Å². The van der Waals surface area contributed by atoms with Gasteiger partial charge in [-0.2, -0.15) is 13.2 Å². The average Bonchev–Trinajstić information content (AvgIpc) is 2.37. The predicted octanol–water partition coefficient (Wildman–Crippen LogP) is 3.46. The molecule has 0 radical (unpaired) electrons. The highest BCUT2D eigenvalue weighted by atomic mass is 19.4. The number of halogens is 3. The van der Waals surface area contributed by atoms with Gasteiger partial charge in [-0.05, 0) is 30.2 Å². The Bertz CT molecular complexity index is 579. The van der Waals surface area contributed by atoms with Crippen molar-refractivity contribution in [2.75, 3.05) is 0 Å². The molecule has 0 spiro atoms. The minimum absolute atomic E-state index is 0.0387. The Morgan fingerprint density at radius 2 is 1.79 bits per heavy atom. The lowest BCUT2D eigenvalue weighted by atomic mass is 9.96. The smallest absolute Gasteiger partial charge is 0.319 e. The highest BCUT2D eigenvalue weighted by Gasteiger charge is 2.34. The van der Waals surface area contributed by atoms with Gasteiger partial charge in [-0.15, -0.1) is 0 Å². The summed E-state index contributed by atoms with van der Waals surface area (Å²) in [5, 5.41) is 0. The summed E-state index contributed by atoms with van der Waals surface area (Å²) in [6.45, 7) is 1.78. The van der Waals surface area contributed by atoms with Gasteiger partial charge < -0.3 is 5.73 Å². The van der Waals surface area contributed by atoms with Gasteiger partial charge in [0.05, 0.1) is 17.3 Å². The van der Waals surface area contributed by atoms with Crippen molar-refractivity contribution in [3.63, 3.8) is 0 Å². The van der Waals surface area contributed by atoms with E-state index in [4.69, 9.17) is 5.73 Å². The fourth-order valence-corrected chi connectivity index (χ4v) is 2.00. The molecule has 2 N–H and O–H groups in total. The molecule has 1 unspecified atom stereocenters. The molecule has 1 heterocycles. The van der Waals surface area contributed by atoms with Gasteiger partial charge in [0.2, 0.25) is 0 Å². The summed E-state index contributed by atoms with van der Waals surface area (Å²) in [6, 6.07) is 7.93. The van der Waals surface area contributed by atoms with E-state index in [0.29, 0.717) is 5.69 Å². The second-order valence-electron chi connectivity index (χ2n) is 4.27. The van der Waals surface area contributed by atoms with Crippen LogP contribution in [-0.2, 0) is 6.18 Å². The first-order valence-corrected chi connectivity index (χ1v) is 5.74. The highest BCUT2D eigenvalue weighted by molar-refractivity contribution is 5.38. The number of pyridine rings is 1. The zero-order valence-electron chi connectivity index (χ0n) is 10.3. The number of alkyl halides is 3. The molecule has 2 aromatic rings. The second kappa shape index (κ2) is 5.01. The quantitative estimate of drug-likeness (QED) is 0.904. The van der Waals surface area contributed by atoms with E-state index in [0.717, 1.165) is 11.6 Å². The minimum Gasteiger partial charge on any atom is -0.319 e. The monoisotopic (exact) mass is 266 g/mol. The second-order valence-corrected chi connectivity index (χ2v) is 4.27. The molecular weight excluding hydrogens is 253 g/mol. The van der Waals surface area contributed by atoms with Gasteiger partial charge in [0.1, 0.15) is 0 Å². The number of hydrogen-bond acceptors (Lipinski definition) is 2. The van der Waals surface area contributed by atoms with E-state index in [2.05, 4.69) is 4.98 Å². The van der Waals surface area contributed by atoms with Crippen LogP contribution in [0.2, 0.25) is 0 Å². The topological polar surface area (TPSA) is 38.9 Å². The van der Waals surface area contributed by atoms with Gasteiger partial charge >= 0.3 is 6.18 Å². The van der Waals surface area contributed by atoms with Crippen molar-refractivity contribution < 1.29 is 13.2 Å². The molecule has 0 amide bonds. The fourth-order valence-electron chi connectivity index (χ4n) is 2.00. The van der Waals surface area contributed by atoms with Gasteiger partial charge in [0.15, 0.2) is 0 Å². The van der Waals surface area contributed by atoms with Gasteiger partial charge in [0, 0.05) is 6.20 Å². The van der Waals surface area contributed by atoms with Crippen LogP contribution in [0, 0.1) is 6.92 Å². The van der Waals surface area contributed by atoms with E-state index >= 15 is 0 Å². The van der Waals surface area contributed by atoms with E-state index in [-0.39, 0.29) is 5.56 Å². The first-order valence-electron chi connectivity index (χ1n) is 5.74. The summed E-state index contributed by atoms with van der Waals surface area (Å²) >= 11 is 0. The number of nitrogens with two attached hydrogens (primary N) is 1. The van der Waals surface area contributed by atoms with Crippen LogP contribution >= 0.6 is 0 Å². The number of rotatable bonds is 2. The standard InChI is InChI=1S/C14H13F3N2/c1-9-5-4-8-19-13(9)12(18)10-6-2-3-7-11(10)14(15,16)17/h2-8,12H,18H2,1H3. The molecule has 0 fully saturated rings. The minimum atomic E-state index is -4.42. The van der Waals surface area contributed by atoms with Crippen molar-refractivity contribution in [2.24, 2.45) is 5.73 Å². The summed E-state index contributed by atoms with van der Waals surface area (Å²) in [5.74, 6) is 0. The molecule has 100 valence electrons. The van der Waals surface area contributed by atoms with E-state index in [9.17, 15) is 13.2 Å². The maximum atomic E-state index is 12.9. The normalized spacial score (nSPS) is 13.3. The third-order valence-corrected chi connectivity index (χ3v) is 2.95. The zero-order chi connectivity index (χ0) is 14.0. The van der Waals surface area contributed by atoms with Crippen molar-refractivity contribution in [1.29, 1.82) is 0 Å². The molecule has 0 aliphatic heterocycles. The van der Waals surface area contributed by atoms with Gasteiger partial charge in [0.25, 0.3) is 0 Å². The number of aromatic nitrogens is 1. The molecule has 1 aromatic carbocycles. The summed E-state index contributed by atoms with van der Waals surface area (Å²) in [5.41, 5.74) is 6.50. The molecule has 0 saturated heterocycles. The SMILES string of the molecule is Cc1cccnc1C(N)c1ccccc1C(F)(F)F. The van der Waals surface area contributed by atoms with Crippen molar-refractivity contribution in [3.05, 3.63) is 65.0 Å². The predicted molar refractivity (Wildman–Crippen MR) is 66.4 cm³/mol. The Balaban J connectivity index is 2.51. The van der Waals surface area contributed by atoms with Crippen molar-refractivity contribution in [3.8, 4) is 0 Å². The molecule has 1 aromatic heterocycles. The van der Waals surface area contributed by atoms with Crippen LogP contribution in [0.25, 0.3) is 0 Å². The summed E-state index contributed by atoms with van der Waals surface area (Å²) in [4.78, 5) is 4.09. The Morgan fingerprint density at radius 1 is 1.11 bits per heavy atom. The van der Waals surface area contributed by atoms with Crippen molar-refractivity contribution in [1.82, 2.24) is 4.98 Å². The first kappa shape index (κ1) is 13.5. The van der Waals surface area contributed by atoms with Crippen molar-refractivity contribution in [2.45, 2.75) is 19.1 Å². The zero-order valence-corrected chi connectivity index (χ0v) is 10.3. The Kier molecular flexibility index (Phi) is 3.57. The molecule has 5 heteroatoms. The van der Waals surface area contributed by atoms with Crippen LogP contribution in [-0.4, -0.2) is 4.98 Å². The van der Waals surface area contributed by atoms with Crippen LogP contribution in [0.3, 0.4) is 0 Å². The average molecular weight is 266 g/mol. The Hall–Kier alpha value is -1.88. The Labute approximate surface area is 109 Å². The Morgan fingerprint density at radius 3 is 2.42 bits per heavy atom. The lowest BCUT2D eigenvalue weighted by Gasteiger charge is -2.19. The molecule has 0 aliphatic carbocycles. The molecular formula is C14H13F3N2. The summed E-state index contributed by atoms with van der Waals surface area (Å²) in [6.07, 6.45) is -2.89. The molecule has 0 bridgehead atoms. The molecule has 2 nitrogen and oxygen atoms in total. The number of hydrogen-bond donors (Lipinski definition) is 1. The van der Waals surface area contributed by atoms with Crippen LogP contribution in [0.4, 0.5) is 13.2 Å². The van der Waals surface area contributed by atoms with Crippen LogP contribution in [0.5, 0.6) is 0 Å². The molecule has 19 heavy (non-hydrogen) atoms. The van der Waals surface area contributed by atoms with Crippen LogP contribution < -0.4 is 5.73 Å². The molecule has 2 rings (SSSR count). The summed E-state index contributed by atoms with van der Waals surface area (Å²) in [7, 11) is 0. The number of benzene rings is 1. The lowest BCUT2D eigenvalue weighted by molar-refractivity contribution is -0.138. The van der Waals surface area contributed by atoms with E-state index in [1.807, 2.05) is 0 Å². The first-order chi connectivity index (χ1) is 8.91.